The van der Waals surface area contributed by atoms with Crippen LogP contribution < -0.4 is 5.32 Å². The van der Waals surface area contributed by atoms with Crippen LogP contribution in [0.3, 0.4) is 0 Å². The van der Waals surface area contributed by atoms with Gasteiger partial charge in [-0.05, 0) is 35.6 Å². The second-order valence-corrected chi connectivity index (χ2v) is 5.76. The van der Waals surface area contributed by atoms with Crippen molar-refractivity contribution in [3.05, 3.63) is 46.2 Å². The van der Waals surface area contributed by atoms with E-state index in [9.17, 15) is 15.0 Å². The van der Waals surface area contributed by atoms with Crippen molar-refractivity contribution in [1.82, 2.24) is 5.32 Å². The summed E-state index contributed by atoms with van der Waals surface area (Å²) < 4.78 is 0. The average Bonchev–Trinajstić information content (AvgIpc) is 2.93. The van der Waals surface area contributed by atoms with E-state index < -0.39 is 0 Å². The molecule has 1 atom stereocenters. The second kappa shape index (κ2) is 6.43. The lowest BCUT2D eigenvalue weighted by Gasteiger charge is -2.12. The third-order valence-corrected chi connectivity index (χ3v) is 3.92. The van der Waals surface area contributed by atoms with Gasteiger partial charge in [-0.2, -0.15) is 0 Å². The highest BCUT2D eigenvalue weighted by atomic mass is 32.1. The molecule has 0 bridgehead atoms. The van der Waals surface area contributed by atoms with E-state index in [1.54, 1.807) is 17.4 Å². The van der Waals surface area contributed by atoms with Crippen molar-refractivity contribution in [2.45, 2.75) is 19.9 Å². The summed E-state index contributed by atoms with van der Waals surface area (Å²) >= 11 is 1.61. The van der Waals surface area contributed by atoms with E-state index in [1.165, 1.54) is 12.1 Å². The molecule has 0 saturated heterocycles. The Kier molecular flexibility index (Phi) is 4.63. The molecule has 1 aromatic carbocycles. The number of carbonyl (C=O) groups is 1. The fourth-order valence-corrected chi connectivity index (χ4v) is 2.55. The van der Waals surface area contributed by atoms with E-state index in [0.29, 0.717) is 13.0 Å². The minimum Gasteiger partial charge on any atom is -0.504 e. The number of benzene rings is 1. The van der Waals surface area contributed by atoms with Crippen LogP contribution >= 0.6 is 11.3 Å². The molecule has 3 N–H and O–H groups in total. The average molecular weight is 291 g/mol. The summed E-state index contributed by atoms with van der Waals surface area (Å²) in [5.41, 5.74) is 0.819. The lowest BCUT2D eigenvalue weighted by atomic mass is 10.00. The molecule has 106 valence electrons. The second-order valence-electron chi connectivity index (χ2n) is 4.73. The lowest BCUT2D eigenvalue weighted by molar-refractivity contribution is -0.124. The highest BCUT2D eigenvalue weighted by Crippen LogP contribution is 2.26. The molecule has 20 heavy (non-hydrogen) atoms. The molecule has 2 rings (SSSR count). The summed E-state index contributed by atoms with van der Waals surface area (Å²) in [4.78, 5) is 13.1. The molecule has 0 spiro atoms. The van der Waals surface area contributed by atoms with Gasteiger partial charge in [0.25, 0.3) is 0 Å². The number of amides is 1. The first kappa shape index (κ1) is 14.4. The van der Waals surface area contributed by atoms with E-state index in [4.69, 9.17) is 0 Å². The van der Waals surface area contributed by atoms with Crippen LogP contribution in [0.2, 0.25) is 0 Å². The molecule has 0 saturated carbocycles. The third kappa shape index (κ3) is 3.74. The molecular weight excluding hydrogens is 274 g/mol. The zero-order valence-corrected chi connectivity index (χ0v) is 12.0. The number of carbonyl (C=O) groups excluding carboxylic acids is 1. The number of phenols is 2. The Bertz CT molecular complexity index is 581. The molecule has 1 unspecified atom stereocenters. The van der Waals surface area contributed by atoms with Gasteiger partial charge in [-0.3, -0.25) is 4.79 Å². The third-order valence-electron chi connectivity index (χ3n) is 3.05. The largest absolute Gasteiger partial charge is 0.504 e. The van der Waals surface area contributed by atoms with Crippen molar-refractivity contribution in [3.63, 3.8) is 0 Å². The van der Waals surface area contributed by atoms with Crippen molar-refractivity contribution < 1.29 is 15.0 Å². The molecule has 0 aliphatic carbocycles. The Hall–Kier alpha value is -2.01. The van der Waals surface area contributed by atoms with Crippen molar-refractivity contribution in [3.8, 4) is 11.5 Å². The lowest BCUT2D eigenvalue weighted by Crippen LogP contribution is -2.29. The van der Waals surface area contributed by atoms with Gasteiger partial charge in [-0.15, -0.1) is 11.3 Å². The normalized spacial score (nSPS) is 12.1. The predicted octanol–water partition coefficient (Wildman–Crippen LogP) is 2.65. The van der Waals surface area contributed by atoms with Crippen LogP contribution in [0.5, 0.6) is 11.5 Å². The summed E-state index contributed by atoms with van der Waals surface area (Å²) in [7, 11) is 0. The van der Waals surface area contributed by atoms with Crippen molar-refractivity contribution in [1.29, 1.82) is 0 Å². The number of phenolic OH excluding ortho intramolecular Hbond substituents is 2. The molecule has 0 radical (unpaired) electrons. The fourth-order valence-electron chi connectivity index (χ4n) is 1.90. The van der Waals surface area contributed by atoms with Gasteiger partial charge in [-0.25, -0.2) is 0 Å². The summed E-state index contributed by atoms with van der Waals surface area (Å²) in [5.74, 6) is -0.526. The van der Waals surface area contributed by atoms with Gasteiger partial charge in [0.2, 0.25) is 5.91 Å². The first-order valence-corrected chi connectivity index (χ1v) is 7.25. The van der Waals surface area contributed by atoms with Gasteiger partial charge in [-0.1, -0.05) is 19.1 Å². The Morgan fingerprint density at radius 1 is 1.30 bits per heavy atom. The summed E-state index contributed by atoms with van der Waals surface area (Å²) in [5, 5.41) is 23.5. The number of hydrogen-bond acceptors (Lipinski definition) is 4. The zero-order valence-electron chi connectivity index (χ0n) is 11.2. The van der Waals surface area contributed by atoms with E-state index >= 15 is 0 Å². The number of rotatable bonds is 5. The van der Waals surface area contributed by atoms with Crippen LogP contribution in [-0.4, -0.2) is 16.1 Å². The number of hydrogen-bond donors (Lipinski definition) is 3. The Balaban J connectivity index is 1.88. The Morgan fingerprint density at radius 3 is 2.75 bits per heavy atom. The maximum atomic E-state index is 12.0. The Morgan fingerprint density at radius 2 is 2.10 bits per heavy atom. The van der Waals surface area contributed by atoms with Crippen molar-refractivity contribution >= 4 is 17.2 Å². The van der Waals surface area contributed by atoms with Gasteiger partial charge in [0.15, 0.2) is 11.5 Å². The van der Waals surface area contributed by atoms with Gasteiger partial charge in [0.1, 0.15) is 0 Å². The fraction of sp³-hybridized carbons (Fsp3) is 0.267. The maximum Gasteiger partial charge on any atom is 0.223 e. The standard InChI is InChI=1S/C15H17NO3S/c1-10(7-11-4-5-13(17)14(18)8-11)15(19)16-9-12-3-2-6-20-12/h2-6,8,10,17-18H,7,9H2,1H3,(H,16,19). The number of aromatic hydroxyl groups is 2. The molecule has 2 aromatic rings. The summed E-state index contributed by atoms with van der Waals surface area (Å²) in [6, 6.07) is 8.56. The monoisotopic (exact) mass is 291 g/mol. The first-order chi connectivity index (χ1) is 9.56. The molecule has 0 fully saturated rings. The minimum atomic E-state index is -0.195. The van der Waals surface area contributed by atoms with Crippen LogP contribution in [0, 0.1) is 5.92 Å². The molecule has 1 aromatic heterocycles. The first-order valence-electron chi connectivity index (χ1n) is 6.37. The maximum absolute atomic E-state index is 12.0. The molecule has 5 heteroatoms. The summed E-state index contributed by atoms with van der Waals surface area (Å²) in [6.07, 6.45) is 0.518. The van der Waals surface area contributed by atoms with Crippen LogP contribution in [0.4, 0.5) is 0 Å². The molecular formula is C15H17NO3S. The smallest absolute Gasteiger partial charge is 0.223 e. The molecule has 4 nitrogen and oxygen atoms in total. The SMILES string of the molecule is CC(Cc1ccc(O)c(O)c1)C(=O)NCc1cccs1. The van der Waals surface area contributed by atoms with Gasteiger partial charge in [0.05, 0.1) is 6.54 Å². The van der Waals surface area contributed by atoms with Gasteiger partial charge < -0.3 is 15.5 Å². The highest BCUT2D eigenvalue weighted by molar-refractivity contribution is 7.09. The minimum absolute atomic E-state index is 0.0223. The topological polar surface area (TPSA) is 69.6 Å². The van der Waals surface area contributed by atoms with Gasteiger partial charge in [0, 0.05) is 10.8 Å². The highest BCUT2D eigenvalue weighted by Gasteiger charge is 2.14. The zero-order chi connectivity index (χ0) is 14.5. The van der Waals surface area contributed by atoms with Crippen molar-refractivity contribution in [2.75, 3.05) is 0 Å². The number of thiophene rings is 1. The van der Waals surface area contributed by atoms with E-state index in [-0.39, 0.29) is 23.3 Å². The molecule has 0 aliphatic rings. The van der Waals surface area contributed by atoms with E-state index in [1.807, 2.05) is 24.4 Å². The Labute approximate surface area is 121 Å². The van der Waals surface area contributed by atoms with E-state index in [2.05, 4.69) is 5.32 Å². The van der Waals surface area contributed by atoms with Crippen LogP contribution in [0.15, 0.2) is 35.7 Å². The van der Waals surface area contributed by atoms with Gasteiger partial charge >= 0.3 is 0 Å². The van der Waals surface area contributed by atoms with Crippen molar-refractivity contribution in [2.24, 2.45) is 5.92 Å². The number of nitrogens with one attached hydrogen (secondary N) is 1. The van der Waals surface area contributed by atoms with Crippen LogP contribution in [-0.2, 0) is 17.8 Å². The van der Waals surface area contributed by atoms with Crippen LogP contribution in [0.25, 0.3) is 0 Å². The molecule has 1 amide bonds. The van der Waals surface area contributed by atoms with E-state index in [0.717, 1.165) is 10.4 Å². The quantitative estimate of drug-likeness (QED) is 0.742. The molecule has 0 aliphatic heterocycles. The predicted molar refractivity (Wildman–Crippen MR) is 78.8 cm³/mol. The summed E-state index contributed by atoms with van der Waals surface area (Å²) in [6.45, 7) is 2.38. The van der Waals surface area contributed by atoms with Crippen LogP contribution in [0.1, 0.15) is 17.4 Å². The molecule has 1 heterocycles.